The minimum atomic E-state index is 0.00931. The molecule has 2 heterocycles. The third-order valence-electron chi connectivity index (χ3n) is 5.56. The van der Waals surface area contributed by atoms with Gasteiger partial charge in [0.05, 0.1) is 11.1 Å². The lowest BCUT2D eigenvalue weighted by Crippen LogP contribution is -2.21. The van der Waals surface area contributed by atoms with Gasteiger partial charge in [-0.2, -0.15) is 0 Å². The van der Waals surface area contributed by atoms with Crippen molar-refractivity contribution in [3.63, 3.8) is 0 Å². The first kappa shape index (κ1) is 18.6. The maximum atomic E-state index is 13.0. The van der Waals surface area contributed by atoms with Crippen LogP contribution in [0.15, 0.2) is 52.4 Å². The molecule has 0 bridgehead atoms. The molecule has 0 spiro atoms. The summed E-state index contributed by atoms with van der Waals surface area (Å²) in [4.78, 5) is 32.6. The summed E-state index contributed by atoms with van der Waals surface area (Å²) in [6, 6.07) is 13.8. The lowest BCUT2D eigenvalue weighted by atomic mass is 9.97. The van der Waals surface area contributed by atoms with Crippen molar-refractivity contribution >= 4 is 49.9 Å². The molecule has 2 aromatic carbocycles. The lowest BCUT2D eigenvalue weighted by molar-refractivity contribution is 0.102. The van der Waals surface area contributed by atoms with Crippen molar-refractivity contribution in [1.82, 2.24) is 9.55 Å². The summed E-state index contributed by atoms with van der Waals surface area (Å²) in [7, 11) is 1.75. The fourth-order valence-electron chi connectivity index (χ4n) is 3.97. The molecular formula is C23H20N2O2S2. The van der Waals surface area contributed by atoms with Gasteiger partial charge in [-0.1, -0.05) is 48.2 Å². The van der Waals surface area contributed by atoms with Crippen LogP contribution in [0.1, 0.15) is 33.6 Å². The topological polar surface area (TPSA) is 52.0 Å². The van der Waals surface area contributed by atoms with Crippen LogP contribution in [0.25, 0.3) is 21.0 Å². The van der Waals surface area contributed by atoms with Crippen LogP contribution in [-0.4, -0.2) is 21.1 Å². The standard InChI is InChI=1S/C23H20N2O2S2/c1-25-22(27)20-17-8-4-5-9-19(17)29-21(20)24-23(25)28-13-18(26)16-11-10-14-6-2-3-7-15(14)12-16/h2-3,6-7,10-12H,4-5,8-9,13H2,1H3. The predicted octanol–water partition coefficient (Wildman–Crippen LogP) is 5.00. The molecule has 0 saturated carbocycles. The minimum absolute atomic E-state index is 0.00931. The van der Waals surface area contributed by atoms with Crippen LogP contribution in [0.5, 0.6) is 0 Å². The Hall–Kier alpha value is -2.44. The van der Waals surface area contributed by atoms with Gasteiger partial charge in [0.15, 0.2) is 10.9 Å². The number of thioether (sulfide) groups is 1. The molecule has 5 rings (SSSR count). The van der Waals surface area contributed by atoms with Crippen molar-refractivity contribution in [2.24, 2.45) is 7.05 Å². The van der Waals surface area contributed by atoms with E-state index < -0.39 is 0 Å². The number of fused-ring (bicyclic) bond motifs is 4. The Morgan fingerprint density at radius 3 is 2.79 bits per heavy atom. The smallest absolute Gasteiger partial charge is 0.262 e. The first-order chi connectivity index (χ1) is 14.1. The molecule has 1 aliphatic carbocycles. The van der Waals surface area contributed by atoms with Crippen molar-refractivity contribution in [2.45, 2.75) is 30.8 Å². The molecule has 0 fully saturated rings. The Kier molecular flexibility index (Phi) is 4.76. The van der Waals surface area contributed by atoms with Gasteiger partial charge in [-0.05, 0) is 48.1 Å². The van der Waals surface area contributed by atoms with Crippen molar-refractivity contribution in [1.29, 1.82) is 0 Å². The van der Waals surface area contributed by atoms with E-state index in [1.165, 1.54) is 28.6 Å². The van der Waals surface area contributed by atoms with Crippen molar-refractivity contribution in [2.75, 3.05) is 5.75 Å². The summed E-state index contributed by atoms with van der Waals surface area (Å²) in [5, 5.41) is 3.57. The molecule has 4 aromatic rings. The maximum absolute atomic E-state index is 13.0. The first-order valence-electron chi connectivity index (χ1n) is 9.78. The Morgan fingerprint density at radius 1 is 1.14 bits per heavy atom. The molecule has 0 atom stereocenters. The third kappa shape index (κ3) is 3.30. The normalized spacial score (nSPS) is 13.7. The molecule has 0 radical (unpaired) electrons. The number of ketones is 1. The molecule has 1 aliphatic rings. The van der Waals surface area contributed by atoms with Crippen LogP contribution < -0.4 is 5.56 Å². The van der Waals surface area contributed by atoms with Crippen molar-refractivity contribution in [3.8, 4) is 0 Å². The van der Waals surface area contributed by atoms with E-state index in [1.54, 1.807) is 23.0 Å². The maximum Gasteiger partial charge on any atom is 0.262 e. The van der Waals surface area contributed by atoms with Gasteiger partial charge in [0.1, 0.15) is 4.83 Å². The Balaban J connectivity index is 1.43. The van der Waals surface area contributed by atoms with Crippen molar-refractivity contribution < 1.29 is 4.79 Å². The first-order valence-corrected chi connectivity index (χ1v) is 11.6. The van der Waals surface area contributed by atoms with Gasteiger partial charge in [0, 0.05) is 17.5 Å². The third-order valence-corrected chi connectivity index (χ3v) is 7.77. The van der Waals surface area contributed by atoms with Crippen LogP contribution >= 0.6 is 23.1 Å². The average Bonchev–Trinajstić information content (AvgIpc) is 3.13. The van der Waals surface area contributed by atoms with E-state index in [2.05, 4.69) is 0 Å². The summed E-state index contributed by atoms with van der Waals surface area (Å²) < 4.78 is 1.60. The summed E-state index contributed by atoms with van der Waals surface area (Å²) in [6.45, 7) is 0. The van der Waals surface area contributed by atoms with Gasteiger partial charge in [0.2, 0.25) is 0 Å². The highest BCUT2D eigenvalue weighted by molar-refractivity contribution is 7.99. The molecule has 6 heteroatoms. The zero-order valence-electron chi connectivity index (χ0n) is 16.1. The number of carbonyl (C=O) groups excluding carboxylic acids is 1. The summed E-state index contributed by atoms with van der Waals surface area (Å²) in [5.74, 6) is 0.301. The minimum Gasteiger partial charge on any atom is -0.293 e. The highest BCUT2D eigenvalue weighted by Gasteiger charge is 2.21. The number of aryl methyl sites for hydroxylation is 2. The summed E-state index contributed by atoms with van der Waals surface area (Å²) in [5.41, 5.74) is 1.90. The Morgan fingerprint density at radius 2 is 1.93 bits per heavy atom. The lowest BCUT2D eigenvalue weighted by Gasteiger charge is -2.10. The molecule has 29 heavy (non-hydrogen) atoms. The second-order valence-electron chi connectivity index (χ2n) is 7.42. The average molecular weight is 421 g/mol. The molecule has 0 aliphatic heterocycles. The van der Waals surface area contributed by atoms with E-state index >= 15 is 0 Å². The molecular weight excluding hydrogens is 400 g/mol. The number of hydrogen-bond donors (Lipinski definition) is 0. The van der Waals surface area contributed by atoms with E-state index in [4.69, 9.17) is 4.98 Å². The van der Waals surface area contributed by atoms with Crippen LogP contribution in [0, 0.1) is 0 Å². The number of benzene rings is 2. The van der Waals surface area contributed by atoms with E-state index in [9.17, 15) is 9.59 Å². The Labute approximate surface area is 176 Å². The molecule has 4 nitrogen and oxygen atoms in total. The van der Waals surface area contributed by atoms with Gasteiger partial charge >= 0.3 is 0 Å². The largest absolute Gasteiger partial charge is 0.293 e. The van der Waals surface area contributed by atoms with Crippen molar-refractivity contribution in [3.05, 3.63) is 68.8 Å². The number of thiophene rings is 1. The molecule has 0 saturated heterocycles. The number of rotatable bonds is 4. The Bertz CT molecular complexity index is 1320. The predicted molar refractivity (Wildman–Crippen MR) is 121 cm³/mol. The SMILES string of the molecule is Cn1c(SCC(=O)c2ccc3ccccc3c2)nc2sc3c(c2c1=O)CCCC3. The van der Waals surface area contributed by atoms with Gasteiger partial charge in [-0.15, -0.1) is 11.3 Å². The van der Waals surface area contributed by atoms with Crippen LogP contribution in [0.2, 0.25) is 0 Å². The molecule has 0 unspecified atom stereocenters. The van der Waals surface area contributed by atoms with E-state index in [0.29, 0.717) is 10.7 Å². The monoisotopic (exact) mass is 420 g/mol. The molecule has 146 valence electrons. The van der Waals surface area contributed by atoms with E-state index in [-0.39, 0.29) is 17.1 Å². The van der Waals surface area contributed by atoms with E-state index in [1.807, 2.05) is 42.5 Å². The second kappa shape index (κ2) is 7.43. The molecule has 2 aromatic heterocycles. The van der Waals surface area contributed by atoms with Gasteiger partial charge in [-0.3, -0.25) is 14.2 Å². The van der Waals surface area contributed by atoms with Gasteiger partial charge in [-0.25, -0.2) is 4.98 Å². The van der Waals surface area contributed by atoms with Crippen LogP contribution in [0.3, 0.4) is 0 Å². The summed E-state index contributed by atoms with van der Waals surface area (Å²) in [6.07, 6.45) is 4.34. The fourth-order valence-corrected chi connectivity index (χ4v) is 6.14. The van der Waals surface area contributed by atoms with Crippen LogP contribution in [-0.2, 0) is 19.9 Å². The highest BCUT2D eigenvalue weighted by Crippen LogP contribution is 2.34. The van der Waals surface area contributed by atoms with Gasteiger partial charge < -0.3 is 0 Å². The quantitative estimate of drug-likeness (QED) is 0.265. The fraction of sp³-hybridized carbons (Fsp3) is 0.261. The zero-order chi connectivity index (χ0) is 20.0. The molecule has 0 amide bonds. The zero-order valence-corrected chi connectivity index (χ0v) is 17.7. The van der Waals surface area contributed by atoms with Crippen LogP contribution in [0.4, 0.5) is 0 Å². The number of hydrogen-bond acceptors (Lipinski definition) is 5. The number of carbonyl (C=O) groups is 1. The highest BCUT2D eigenvalue weighted by atomic mass is 32.2. The van der Waals surface area contributed by atoms with E-state index in [0.717, 1.165) is 40.3 Å². The van der Waals surface area contributed by atoms with Gasteiger partial charge in [0.25, 0.3) is 5.56 Å². The second-order valence-corrected chi connectivity index (χ2v) is 9.45. The number of Topliss-reactive ketones (excluding diaryl/α,β-unsaturated/α-hetero) is 1. The summed E-state index contributed by atoms with van der Waals surface area (Å²) >= 11 is 2.99. The number of nitrogens with zero attached hydrogens (tertiary/aromatic N) is 2. The molecule has 0 N–H and O–H groups in total. The number of aromatic nitrogens is 2.